The van der Waals surface area contributed by atoms with Gasteiger partial charge < -0.3 is 0 Å². The normalized spacial score (nSPS) is 35.8. The summed E-state index contributed by atoms with van der Waals surface area (Å²) in [5, 5.41) is 10.1. The second-order valence-electron chi connectivity index (χ2n) is 18.6. The van der Waals surface area contributed by atoms with E-state index in [0.717, 1.165) is 60.9 Å². The maximum absolute atomic E-state index is 15.6. The SMILES string of the molecule is CC1(C)CCC2(C(=O)n3cc(-c4ccccc4)nc3-c3ccncc3)CCC3(C)C(C(=O)C=C4C5(C)C=C(C#N)C(=O)C(C)(C)C5CCC43C)C2C1. The summed E-state index contributed by atoms with van der Waals surface area (Å²) in [6.45, 7) is 15.4. The zero-order chi connectivity index (χ0) is 37.1. The van der Waals surface area contributed by atoms with E-state index in [4.69, 9.17) is 4.98 Å². The van der Waals surface area contributed by atoms with E-state index in [1.807, 2.05) is 74.7 Å². The van der Waals surface area contributed by atoms with Crippen LogP contribution >= 0.6 is 0 Å². The van der Waals surface area contributed by atoms with E-state index in [-0.39, 0.29) is 51.6 Å². The number of rotatable bonds is 3. The number of fused-ring (bicyclic) bond motifs is 7. The number of Topliss-reactive ketones (excluding diaryl/α,β-unsaturated/α-hetero) is 1. The summed E-state index contributed by atoms with van der Waals surface area (Å²) in [7, 11) is 0. The first-order chi connectivity index (χ1) is 24.5. The molecule has 3 saturated carbocycles. The number of imidazole rings is 1. The van der Waals surface area contributed by atoms with Gasteiger partial charge in [0.05, 0.1) is 16.7 Å². The van der Waals surface area contributed by atoms with Crippen LogP contribution in [0, 0.1) is 61.6 Å². The van der Waals surface area contributed by atoms with Crippen molar-refractivity contribution in [3.8, 4) is 28.7 Å². The van der Waals surface area contributed by atoms with E-state index in [9.17, 15) is 10.1 Å². The Labute approximate surface area is 307 Å². The highest BCUT2D eigenvalue weighted by atomic mass is 16.2. The topological polar surface area (TPSA) is 106 Å². The summed E-state index contributed by atoms with van der Waals surface area (Å²) < 4.78 is 1.80. The Morgan fingerprint density at radius 3 is 2.27 bits per heavy atom. The van der Waals surface area contributed by atoms with Crippen molar-refractivity contribution < 1.29 is 14.4 Å². The molecule has 3 aromatic rings. The number of allylic oxidation sites excluding steroid dienone is 4. The van der Waals surface area contributed by atoms with Gasteiger partial charge in [0.25, 0.3) is 0 Å². The van der Waals surface area contributed by atoms with Gasteiger partial charge >= 0.3 is 0 Å². The molecule has 5 aliphatic carbocycles. The van der Waals surface area contributed by atoms with Crippen LogP contribution < -0.4 is 0 Å². The van der Waals surface area contributed by atoms with Gasteiger partial charge in [0.2, 0.25) is 5.91 Å². The number of nitrogens with zero attached hydrogens (tertiary/aromatic N) is 4. The van der Waals surface area contributed by atoms with Gasteiger partial charge in [-0.1, -0.05) is 90.4 Å². The van der Waals surface area contributed by atoms with Gasteiger partial charge in [-0.25, -0.2) is 4.98 Å². The first-order valence-electron chi connectivity index (χ1n) is 19.1. The number of ketones is 2. The third kappa shape index (κ3) is 4.58. The molecule has 0 amide bonds. The van der Waals surface area contributed by atoms with Gasteiger partial charge in [-0.15, -0.1) is 0 Å². The molecule has 0 bridgehead atoms. The number of pyridine rings is 1. The van der Waals surface area contributed by atoms with Crippen LogP contribution in [0.15, 0.2) is 84.4 Å². The van der Waals surface area contributed by atoms with Crippen LogP contribution in [0.1, 0.15) is 98.2 Å². The van der Waals surface area contributed by atoms with Crippen LogP contribution in [-0.4, -0.2) is 32.0 Å². The van der Waals surface area contributed by atoms with Gasteiger partial charge in [0.1, 0.15) is 11.9 Å². The van der Waals surface area contributed by atoms with Crippen molar-refractivity contribution in [1.82, 2.24) is 14.5 Å². The molecule has 0 radical (unpaired) electrons. The number of hydrogen-bond acceptors (Lipinski definition) is 6. The fourth-order valence-corrected chi connectivity index (χ4v) is 12.2. The van der Waals surface area contributed by atoms with Crippen molar-refractivity contribution in [2.24, 2.45) is 50.2 Å². The molecule has 2 aromatic heterocycles. The molecule has 0 spiro atoms. The number of hydrogen-bond donors (Lipinski definition) is 0. The highest BCUT2D eigenvalue weighted by molar-refractivity contribution is 6.05. The molecule has 1 aromatic carbocycles. The van der Waals surface area contributed by atoms with Gasteiger partial charge in [-0.2, -0.15) is 5.26 Å². The zero-order valence-electron chi connectivity index (χ0n) is 31.6. The highest BCUT2D eigenvalue weighted by Crippen LogP contribution is 2.74. The van der Waals surface area contributed by atoms with Crippen molar-refractivity contribution in [3.63, 3.8) is 0 Å². The average molecular weight is 695 g/mol. The van der Waals surface area contributed by atoms with Gasteiger partial charge in [-0.3, -0.25) is 23.9 Å². The van der Waals surface area contributed by atoms with E-state index in [2.05, 4.69) is 45.7 Å². The molecule has 8 rings (SSSR count). The molecule has 7 unspecified atom stereocenters. The third-order valence-electron chi connectivity index (χ3n) is 15.2. The Bertz CT molecular complexity index is 2120. The molecule has 5 aliphatic rings. The summed E-state index contributed by atoms with van der Waals surface area (Å²) in [5.74, 6) is 0.135. The van der Waals surface area contributed by atoms with Crippen molar-refractivity contribution in [1.29, 1.82) is 5.26 Å². The van der Waals surface area contributed by atoms with Crippen molar-refractivity contribution in [2.45, 2.75) is 93.4 Å². The molecular formula is C45H50N4O3. The second kappa shape index (κ2) is 11.3. The summed E-state index contributed by atoms with van der Waals surface area (Å²) in [6.07, 6.45) is 14.7. The minimum atomic E-state index is -0.734. The largest absolute Gasteiger partial charge is 0.295 e. The molecule has 268 valence electrons. The summed E-state index contributed by atoms with van der Waals surface area (Å²) in [4.78, 5) is 53.5. The Hall–Kier alpha value is -4.44. The number of carbonyl (C=O) groups excluding carboxylic acids is 3. The number of benzene rings is 1. The van der Waals surface area contributed by atoms with E-state index in [1.54, 1.807) is 17.0 Å². The third-order valence-corrected chi connectivity index (χ3v) is 15.2. The molecule has 2 heterocycles. The Kier molecular flexibility index (Phi) is 7.51. The monoisotopic (exact) mass is 694 g/mol. The molecule has 7 atom stereocenters. The molecule has 0 saturated heterocycles. The average Bonchev–Trinajstić information content (AvgIpc) is 3.57. The molecule has 3 fully saturated rings. The molecule has 7 nitrogen and oxygen atoms in total. The predicted octanol–water partition coefficient (Wildman–Crippen LogP) is 9.47. The first-order valence-corrected chi connectivity index (χ1v) is 19.1. The van der Waals surface area contributed by atoms with E-state index < -0.39 is 21.7 Å². The van der Waals surface area contributed by atoms with E-state index in [0.29, 0.717) is 12.2 Å². The lowest BCUT2D eigenvalue weighted by molar-refractivity contribution is -0.164. The molecule has 0 N–H and O–H groups in total. The Balaban J connectivity index is 1.28. The smallest absolute Gasteiger partial charge is 0.238 e. The van der Waals surface area contributed by atoms with Crippen LogP contribution in [0.5, 0.6) is 0 Å². The van der Waals surface area contributed by atoms with Gasteiger partial charge in [0, 0.05) is 46.5 Å². The van der Waals surface area contributed by atoms with Crippen LogP contribution in [0.2, 0.25) is 0 Å². The summed E-state index contributed by atoms with van der Waals surface area (Å²) in [5.41, 5.74) is 0.954. The number of aromatic nitrogens is 3. The Morgan fingerprint density at radius 2 is 1.58 bits per heavy atom. The molecule has 0 aliphatic heterocycles. The van der Waals surface area contributed by atoms with E-state index in [1.165, 1.54) is 0 Å². The van der Waals surface area contributed by atoms with Crippen molar-refractivity contribution in [2.75, 3.05) is 0 Å². The van der Waals surface area contributed by atoms with Crippen molar-refractivity contribution in [3.05, 3.63) is 84.4 Å². The fraction of sp³-hybridized carbons (Fsp3) is 0.511. The zero-order valence-corrected chi connectivity index (χ0v) is 31.6. The maximum atomic E-state index is 15.6. The second-order valence-corrected chi connectivity index (χ2v) is 18.6. The molecule has 7 heteroatoms. The Morgan fingerprint density at radius 1 is 0.885 bits per heavy atom. The molecular weight excluding hydrogens is 645 g/mol. The lowest BCUT2D eigenvalue weighted by Gasteiger charge is -2.69. The highest BCUT2D eigenvalue weighted by Gasteiger charge is 2.71. The van der Waals surface area contributed by atoms with Crippen LogP contribution in [0.25, 0.3) is 22.6 Å². The van der Waals surface area contributed by atoms with Crippen LogP contribution in [0.4, 0.5) is 0 Å². The lowest BCUT2D eigenvalue weighted by Crippen LogP contribution is -2.66. The van der Waals surface area contributed by atoms with E-state index >= 15 is 9.59 Å². The van der Waals surface area contributed by atoms with Crippen LogP contribution in [-0.2, 0) is 9.59 Å². The minimum absolute atomic E-state index is 0.0126. The number of nitriles is 1. The fourth-order valence-electron chi connectivity index (χ4n) is 12.2. The quantitative estimate of drug-likeness (QED) is 0.270. The van der Waals surface area contributed by atoms with Crippen LogP contribution in [0.3, 0.4) is 0 Å². The first kappa shape index (κ1) is 34.6. The molecule has 52 heavy (non-hydrogen) atoms. The summed E-state index contributed by atoms with van der Waals surface area (Å²) >= 11 is 0. The lowest BCUT2D eigenvalue weighted by atomic mass is 9.34. The minimum Gasteiger partial charge on any atom is -0.295 e. The predicted molar refractivity (Wildman–Crippen MR) is 200 cm³/mol. The maximum Gasteiger partial charge on any atom is 0.238 e. The van der Waals surface area contributed by atoms with Gasteiger partial charge in [0.15, 0.2) is 11.6 Å². The van der Waals surface area contributed by atoms with Gasteiger partial charge in [-0.05, 0) is 91.2 Å². The summed E-state index contributed by atoms with van der Waals surface area (Å²) in [6, 6.07) is 16.0. The van der Waals surface area contributed by atoms with Crippen molar-refractivity contribution >= 4 is 17.5 Å². The standard InChI is InChI=1S/C45H50N4O3/c1-40(2)17-19-45(39(52)49-27-32(28-11-9-8-10-12-28)48-38(49)29-14-21-47-22-15-29)20-18-44(7)36(31(45)25-40)33(50)23-35-42(5)24-30(26-46)37(51)41(3,4)34(42)13-16-43(35,44)6/h8-12,14-15,21-24,27,31,34,36H,13,16-20,25H2,1-7H3. The number of carbonyl (C=O) groups is 3.